The summed E-state index contributed by atoms with van der Waals surface area (Å²) in [5.41, 5.74) is 7.24. The van der Waals surface area contributed by atoms with Crippen LogP contribution in [0.1, 0.15) is 4.88 Å². The quantitative estimate of drug-likeness (QED) is 0.125. The minimum absolute atomic E-state index is 0.267. The van der Waals surface area contributed by atoms with Crippen LogP contribution in [-0.4, -0.2) is 11.1 Å². The lowest BCUT2D eigenvalue weighted by Gasteiger charge is -2.28. The molecule has 0 spiro atoms. The first-order valence-electron chi connectivity index (χ1n) is 14.9. The van der Waals surface area contributed by atoms with E-state index < -0.39 is 5.97 Å². The van der Waals surface area contributed by atoms with Gasteiger partial charge in [-0.3, -0.25) is 0 Å². The van der Waals surface area contributed by atoms with Crippen molar-refractivity contribution in [2.24, 2.45) is 0 Å². The van der Waals surface area contributed by atoms with Gasteiger partial charge in [-0.2, -0.15) is 5.26 Å². The van der Waals surface area contributed by atoms with E-state index >= 15 is 0 Å². The average Bonchev–Trinajstić information content (AvgIpc) is 3.69. The van der Waals surface area contributed by atoms with Gasteiger partial charge in [0.05, 0.1) is 0 Å². The summed E-state index contributed by atoms with van der Waals surface area (Å²) in [6.45, 7) is 0. The first-order chi connectivity index (χ1) is 23.1. The molecule has 0 bridgehead atoms. The zero-order valence-corrected chi connectivity index (χ0v) is 26.7. The Kier molecular flexibility index (Phi) is 8.35. The third kappa shape index (κ3) is 6.29. The highest BCUT2D eigenvalue weighted by Gasteiger charge is 2.17. The molecule has 1 N–H and O–H groups in total. The van der Waals surface area contributed by atoms with Gasteiger partial charge in [0, 0.05) is 53.3 Å². The molecule has 0 aliphatic rings. The van der Waals surface area contributed by atoms with E-state index in [-0.39, 0.29) is 5.57 Å². The SMILES string of the molecule is N#C/C(=C\c1cc2sc(-c3ccc(N(c4ccccc4)c4ccc(N(c5ccccc5)c5ccccc5)cc4)cc3)cc2s1)C(=O)O. The molecule has 7 heteroatoms. The maximum Gasteiger partial charge on any atom is 0.346 e. The molecular formula is C40H27N3O2S2. The molecule has 7 rings (SSSR count). The van der Waals surface area contributed by atoms with Crippen molar-refractivity contribution >= 4 is 78.2 Å². The molecule has 0 aliphatic carbocycles. The zero-order valence-electron chi connectivity index (χ0n) is 25.0. The van der Waals surface area contributed by atoms with Crippen LogP contribution >= 0.6 is 22.7 Å². The molecule has 0 radical (unpaired) electrons. The Morgan fingerprint density at radius 3 is 1.38 bits per heavy atom. The number of nitriles is 1. The molecule has 7 aromatic rings. The largest absolute Gasteiger partial charge is 0.477 e. The maximum atomic E-state index is 11.2. The predicted molar refractivity (Wildman–Crippen MR) is 196 cm³/mol. The number of nitrogens with zero attached hydrogens (tertiary/aromatic N) is 3. The van der Waals surface area contributed by atoms with Crippen LogP contribution in [0.3, 0.4) is 0 Å². The highest BCUT2D eigenvalue weighted by atomic mass is 32.1. The Morgan fingerprint density at radius 2 is 0.979 bits per heavy atom. The van der Waals surface area contributed by atoms with Crippen LogP contribution in [0, 0.1) is 11.3 Å². The second-order valence-corrected chi connectivity index (χ2v) is 12.9. The van der Waals surface area contributed by atoms with Gasteiger partial charge in [0.2, 0.25) is 0 Å². The lowest BCUT2D eigenvalue weighted by molar-refractivity contribution is -0.132. The Labute approximate surface area is 280 Å². The summed E-state index contributed by atoms with van der Waals surface area (Å²) in [4.78, 5) is 17.6. The van der Waals surface area contributed by atoms with Crippen LogP contribution in [0.4, 0.5) is 34.1 Å². The van der Waals surface area contributed by atoms with Gasteiger partial charge in [0.25, 0.3) is 0 Å². The van der Waals surface area contributed by atoms with Gasteiger partial charge >= 0.3 is 5.97 Å². The van der Waals surface area contributed by atoms with E-state index in [0.717, 1.165) is 58.8 Å². The van der Waals surface area contributed by atoms with Crippen molar-refractivity contribution in [3.8, 4) is 16.5 Å². The van der Waals surface area contributed by atoms with Gasteiger partial charge in [-0.05, 0) is 96.6 Å². The van der Waals surface area contributed by atoms with Crippen LogP contribution in [0.25, 0.3) is 25.9 Å². The molecule has 0 aliphatic heterocycles. The van der Waals surface area contributed by atoms with E-state index in [2.05, 4.69) is 137 Å². The molecule has 0 saturated carbocycles. The van der Waals surface area contributed by atoms with Crippen LogP contribution in [-0.2, 0) is 4.79 Å². The third-order valence-corrected chi connectivity index (χ3v) is 9.97. The van der Waals surface area contributed by atoms with E-state index in [4.69, 9.17) is 5.26 Å². The van der Waals surface area contributed by atoms with Crippen LogP contribution in [0.2, 0.25) is 0 Å². The van der Waals surface area contributed by atoms with E-state index in [1.165, 1.54) is 17.4 Å². The lowest BCUT2D eigenvalue weighted by atomic mass is 10.1. The van der Waals surface area contributed by atoms with E-state index in [1.54, 1.807) is 17.4 Å². The van der Waals surface area contributed by atoms with Crippen molar-refractivity contribution in [1.82, 2.24) is 0 Å². The number of carbonyl (C=O) groups is 1. The summed E-state index contributed by atoms with van der Waals surface area (Å²) in [6.07, 6.45) is 1.43. The number of thiophene rings is 2. The highest BCUT2D eigenvalue weighted by molar-refractivity contribution is 7.29. The number of benzene rings is 5. The average molecular weight is 646 g/mol. The molecule has 0 saturated heterocycles. The number of carboxylic acids is 1. The van der Waals surface area contributed by atoms with Gasteiger partial charge in [-0.25, -0.2) is 4.79 Å². The Bertz CT molecular complexity index is 2150. The first-order valence-corrected chi connectivity index (χ1v) is 16.5. The molecule has 2 aromatic heterocycles. The summed E-state index contributed by atoms with van der Waals surface area (Å²) in [6, 6.07) is 54.2. The van der Waals surface area contributed by atoms with Crippen molar-refractivity contribution in [3.05, 3.63) is 162 Å². The molecule has 5 nitrogen and oxygen atoms in total. The minimum atomic E-state index is -1.22. The summed E-state index contributed by atoms with van der Waals surface area (Å²) in [5.74, 6) is -1.22. The number of anilines is 6. The number of aliphatic carboxylic acids is 1. The van der Waals surface area contributed by atoms with Crippen LogP contribution in [0.5, 0.6) is 0 Å². The number of hydrogen-bond acceptors (Lipinski definition) is 6. The Balaban J connectivity index is 1.20. The number of fused-ring (bicyclic) bond motifs is 1. The van der Waals surface area contributed by atoms with E-state index in [1.807, 2.05) is 24.3 Å². The molecule has 0 amide bonds. The molecular weight excluding hydrogens is 619 g/mol. The van der Waals surface area contributed by atoms with Gasteiger partial charge in [0.15, 0.2) is 0 Å². The standard InChI is InChI=1S/C40H27N3O2S2/c41-27-29(40(44)45)24-36-25-38-39(46-36)26-37(47-38)28-16-18-33(19-17-28)43(32-14-8-3-9-15-32)35-22-20-34(21-23-35)42(30-10-4-1-5-11-30)31-12-6-2-7-13-31/h1-26H,(H,44,45)/b29-24+. The highest BCUT2D eigenvalue weighted by Crippen LogP contribution is 2.42. The fraction of sp³-hybridized carbons (Fsp3) is 0. The number of para-hydroxylation sites is 3. The zero-order chi connectivity index (χ0) is 32.2. The smallest absolute Gasteiger partial charge is 0.346 e. The summed E-state index contributed by atoms with van der Waals surface area (Å²) >= 11 is 3.14. The van der Waals surface area contributed by atoms with E-state index in [0.29, 0.717) is 0 Å². The second-order valence-electron chi connectivity index (χ2n) is 10.7. The molecule has 0 unspecified atom stereocenters. The predicted octanol–water partition coefficient (Wildman–Crippen LogP) is 11.6. The van der Waals surface area contributed by atoms with Crippen molar-refractivity contribution in [2.75, 3.05) is 9.80 Å². The summed E-state index contributed by atoms with van der Waals surface area (Å²) in [5, 5.41) is 18.3. The van der Waals surface area contributed by atoms with E-state index in [9.17, 15) is 9.90 Å². The van der Waals surface area contributed by atoms with Crippen molar-refractivity contribution < 1.29 is 9.90 Å². The summed E-state index contributed by atoms with van der Waals surface area (Å²) in [7, 11) is 0. The van der Waals surface area contributed by atoms with Gasteiger partial charge in [-0.15, -0.1) is 22.7 Å². The molecule has 0 fully saturated rings. The first kappa shape index (κ1) is 29.8. The molecule has 226 valence electrons. The number of carboxylic acid groups (broad SMARTS) is 1. The van der Waals surface area contributed by atoms with Crippen LogP contribution in [0.15, 0.2) is 157 Å². The molecule has 2 heterocycles. The maximum absolute atomic E-state index is 11.2. The molecule has 47 heavy (non-hydrogen) atoms. The fourth-order valence-electron chi connectivity index (χ4n) is 5.50. The van der Waals surface area contributed by atoms with Crippen molar-refractivity contribution in [3.63, 3.8) is 0 Å². The second kappa shape index (κ2) is 13.2. The van der Waals surface area contributed by atoms with Gasteiger partial charge in [-0.1, -0.05) is 66.7 Å². The van der Waals surface area contributed by atoms with Gasteiger partial charge in [0.1, 0.15) is 11.6 Å². The molecule has 0 atom stereocenters. The normalized spacial score (nSPS) is 11.3. The number of hydrogen-bond donors (Lipinski definition) is 1. The number of rotatable bonds is 9. The monoisotopic (exact) mass is 645 g/mol. The lowest BCUT2D eigenvalue weighted by Crippen LogP contribution is -2.12. The molecule has 5 aromatic carbocycles. The topological polar surface area (TPSA) is 67.6 Å². The fourth-order valence-corrected chi connectivity index (χ4v) is 7.86. The minimum Gasteiger partial charge on any atom is -0.477 e. The third-order valence-electron chi connectivity index (χ3n) is 7.68. The van der Waals surface area contributed by atoms with Crippen molar-refractivity contribution in [2.45, 2.75) is 0 Å². The Hall–Kier alpha value is -5.94. The van der Waals surface area contributed by atoms with Crippen molar-refractivity contribution in [1.29, 1.82) is 5.26 Å². The van der Waals surface area contributed by atoms with Gasteiger partial charge < -0.3 is 14.9 Å². The van der Waals surface area contributed by atoms with Crippen LogP contribution < -0.4 is 9.80 Å². The Morgan fingerprint density at radius 1 is 0.574 bits per heavy atom. The summed E-state index contributed by atoms with van der Waals surface area (Å²) < 4.78 is 2.13.